The van der Waals surface area contributed by atoms with E-state index in [1.807, 2.05) is 19.1 Å². The average Bonchev–Trinajstić information content (AvgIpc) is 2.79. The van der Waals surface area contributed by atoms with Crippen LogP contribution in [0.2, 0.25) is 5.02 Å². The lowest BCUT2D eigenvalue weighted by Crippen LogP contribution is -2.29. The number of halogens is 1. The van der Waals surface area contributed by atoms with Gasteiger partial charge in [0.05, 0.1) is 28.2 Å². The number of hydrogen-bond donors (Lipinski definition) is 1. The zero-order valence-electron chi connectivity index (χ0n) is 19.2. The van der Waals surface area contributed by atoms with Crippen molar-refractivity contribution in [1.29, 1.82) is 0 Å². The minimum absolute atomic E-state index is 0.0265. The highest BCUT2D eigenvalue weighted by Crippen LogP contribution is 2.31. The van der Waals surface area contributed by atoms with Crippen LogP contribution in [0.1, 0.15) is 52.7 Å². The van der Waals surface area contributed by atoms with Crippen molar-refractivity contribution in [3.63, 3.8) is 0 Å². The van der Waals surface area contributed by atoms with Gasteiger partial charge in [-0.3, -0.25) is 14.6 Å². The number of benzene rings is 2. The van der Waals surface area contributed by atoms with Gasteiger partial charge in [0.15, 0.2) is 11.2 Å². The molecule has 0 aliphatic rings. The number of hydrogen-bond acceptors (Lipinski definition) is 5. The molecule has 1 unspecified atom stereocenters. The molecular formula is C25H26ClN3O3S. The SMILES string of the molecule is Cc1ccc(N(C)C(=O)c2c(N[S+]([O-])c3ccc(C(C)(C)C)cc3)ccc(Cl)c2C=O)cn1. The summed E-state index contributed by atoms with van der Waals surface area (Å²) in [6.45, 7) is 8.15. The van der Waals surface area contributed by atoms with Gasteiger partial charge in [0.2, 0.25) is 0 Å². The number of carbonyl (C=O) groups is 2. The normalized spacial score (nSPS) is 12.2. The van der Waals surface area contributed by atoms with Crippen LogP contribution in [0.25, 0.3) is 0 Å². The Morgan fingerprint density at radius 2 is 1.79 bits per heavy atom. The minimum atomic E-state index is -1.67. The molecule has 1 N–H and O–H groups in total. The van der Waals surface area contributed by atoms with E-state index >= 15 is 0 Å². The molecule has 2 aromatic carbocycles. The third kappa shape index (κ3) is 5.55. The smallest absolute Gasteiger partial charge is 0.261 e. The van der Waals surface area contributed by atoms with Crippen molar-refractivity contribution >= 4 is 46.5 Å². The quantitative estimate of drug-likeness (QED) is 0.366. The third-order valence-electron chi connectivity index (χ3n) is 5.25. The van der Waals surface area contributed by atoms with Crippen molar-refractivity contribution in [3.05, 3.63) is 82.1 Å². The molecule has 0 aliphatic carbocycles. The topological polar surface area (TPSA) is 85.4 Å². The maximum Gasteiger partial charge on any atom is 0.261 e. The molecular weight excluding hydrogens is 458 g/mol. The molecule has 3 rings (SSSR count). The monoisotopic (exact) mass is 483 g/mol. The summed E-state index contributed by atoms with van der Waals surface area (Å²) >= 11 is 4.55. The summed E-state index contributed by atoms with van der Waals surface area (Å²) in [5, 5.41) is 0.134. The average molecular weight is 484 g/mol. The second-order valence-electron chi connectivity index (χ2n) is 8.67. The Morgan fingerprint density at radius 3 is 2.33 bits per heavy atom. The van der Waals surface area contributed by atoms with Crippen LogP contribution in [-0.4, -0.2) is 28.8 Å². The molecule has 8 heteroatoms. The molecule has 1 atom stereocenters. The van der Waals surface area contributed by atoms with E-state index in [4.69, 9.17) is 11.6 Å². The first-order valence-corrected chi connectivity index (χ1v) is 11.8. The van der Waals surface area contributed by atoms with Gasteiger partial charge in [-0.25, -0.2) is 4.72 Å². The second-order valence-corrected chi connectivity index (χ2v) is 10.3. The molecule has 1 aromatic heterocycles. The first-order valence-electron chi connectivity index (χ1n) is 10.3. The number of pyridine rings is 1. The van der Waals surface area contributed by atoms with E-state index in [1.54, 1.807) is 43.6 Å². The van der Waals surface area contributed by atoms with Gasteiger partial charge in [-0.05, 0) is 54.3 Å². The maximum absolute atomic E-state index is 13.4. The van der Waals surface area contributed by atoms with E-state index in [0.29, 0.717) is 16.9 Å². The van der Waals surface area contributed by atoms with E-state index in [2.05, 4.69) is 30.5 Å². The van der Waals surface area contributed by atoms with Crippen LogP contribution in [0.4, 0.5) is 11.4 Å². The Hall–Kier alpha value is -2.87. The van der Waals surface area contributed by atoms with Crippen LogP contribution >= 0.6 is 11.6 Å². The fourth-order valence-corrected chi connectivity index (χ4v) is 4.28. The molecule has 6 nitrogen and oxygen atoms in total. The Bertz CT molecular complexity index is 1160. The minimum Gasteiger partial charge on any atom is -0.588 e. The van der Waals surface area contributed by atoms with Crippen molar-refractivity contribution in [3.8, 4) is 0 Å². The van der Waals surface area contributed by atoms with Crippen LogP contribution in [-0.2, 0) is 16.8 Å². The largest absolute Gasteiger partial charge is 0.588 e. The number of aromatic nitrogens is 1. The summed E-state index contributed by atoms with van der Waals surface area (Å²) in [4.78, 5) is 31.4. The van der Waals surface area contributed by atoms with E-state index in [0.717, 1.165) is 11.3 Å². The van der Waals surface area contributed by atoms with Crippen LogP contribution in [0, 0.1) is 6.92 Å². The van der Waals surface area contributed by atoms with E-state index < -0.39 is 17.3 Å². The second kappa shape index (κ2) is 9.95. The molecule has 3 aromatic rings. The molecule has 0 aliphatic heterocycles. The van der Waals surface area contributed by atoms with E-state index in [1.165, 1.54) is 11.0 Å². The lowest BCUT2D eigenvalue weighted by Gasteiger charge is -2.22. The molecule has 33 heavy (non-hydrogen) atoms. The predicted molar refractivity (Wildman–Crippen MR) is 134 cm³/mol. The highest BCUT2D eigenvalue weighted by Gasteiger charge is 2.26. The summed E-state index contributed by atoms with van der Waals surface area (Å²) in [7, 11) is 1.58. The molecule has 0 bridgehead atoms. The van der Waals surface area contributed by atoms with Crippen molar-refractivity contribution in [1.82, 2.24) is 4.98 Å². The van der Waals surface area contributed by atoms with E-state index in [-0.39, 0.29) is 27.3 Å². The van der Waals surface area contributed by atoms with Gasteiger partial charge in [-0.1, -0.05) is 44.5 Å². The lowest BCUT2D eigenvalue weighted by molar-refractivity contribution is 0.0987. The lowest BCUT2D eigenvalue weighted by atomic mass is 9.87. The van der Waals surface area contributed by atoms with Gasteiger partial charge in [0, 0.05) is 18.3 Å². The Labute approximate surface area is 202 Å². The maximum atomic E-state index is 13.4. The first kappa shape index (κ1) is 24.8. The van der Waals surface area contributed by atoms with Crippen LogP contribution in [0.15, 0.2) is 59.6 Å². The number of anilines is 2. The van der Waals surface area contributed by atoms with Crippen molar-refractivity contribution < 1.29 is 14.1 Å². The number of aryl methyl sites for hydroxylation is 1. The Balaban J connectivity index is 1.96. The molecule has 1 heterocycles. The number of rotatable bonds is 6. The summed E-state index contributed by atoms with van der Waals surface area (Å²) in [6, 6.07) is 14.0. The van der Waals surface area contributed by atoms with Crippen LogP contribution < -0.4 is 9.62 Å². The molecule has 0 fully saturated rings. The summed E-state index contributed by atoms with van der Waals surface area (Å²) in [5.74, 6) is -0.479. The third-order valence-corrected chi connectivity index (χ3v) is 6.68. The standard InChI is InChI=1S/C25H26ClN3O3S/c1-16-6-9-18(14-27-16)29(5)24(31)23-20(15-30)21(26)12-13-22(23)28-33(32)19-10-7-17(8-11-19)25(2,3)4/h6-15,28H,1-5H3. The van der Waals surface area contributed by atoms with Crippen molar-refractivity contribution in [2.75, 3.05) is 16.7 Å². The van der Waals surface area contributed by atoms with Crippen LogP contribution in [0.3, 0.4) is 0 Å². The van der Waals surface area contributed by atoms with Crippen LogP contribution in [0.5, 0.6) is 0 Å². The predicted octanol–water partition coefficient (Wildman–Crippen LogP) is 5.56. The van der Waals surface area contributed by atoms with Gasteiger partial charge in [-0.15, -0.1) is 0 Å². The molecule has 0 spiro atoms. The summed E-state index contributed by atoms with van der Waals surface area (Å²) in [6.07, 6.45) is 2.10. The number of aldehydes is 1. The Morgan fingerprint density at radius 1 is 1.12 bits per heavy atom. The molecule has 0 radical (unpaired) electrons. The Kier molecular flexibility index (Phi) is 7.47. The van der Waals surface area contributed by atoms with Gasteiger partial charge in [0.1, 0.15) is 11.4 Å². The number of nitrogens with one attached hydrogen (secondary N) is 1. The molecule has 0 saturated carbocycles. The zero-order valence-corrected chi connectivity index (χ0v) is 20.8. The van der Waals surface area contributed by atoms with Gasteiger partial charge >= 0.3 is 0 Å². The van der Waals surface area contributed by atoms with Crippen molar-refractivity contribution in [2.45, 2.75) is 38.0 Å². The molecule has 172 valence electrons. The van der Waals surface area contributed by atoms with Gasteiger partial charge < -0.3 is 9.45 Å². The highest BCUT2D eigenvalue weighted by atomic mass is 35.5. The van der Waals surface area contributed by atoms with E-state index in [9.17, 15) is 14.1 Å². The fourth-order valence-electron chi connectivity index (χ4n) is 3.21. The first-order chi connectivity index (χ1) is 15.5. The molecule has 0 saturated heterocycles. The van der Waals surface area contributed by atoms with Gasteiger partial charge in [-0.2, -0.15) is 0 Å². The highest BCUT2D eigenvalue weighted by molar-refractivity contribution is 7.92. The number of amides is 1. The molecule has 1 amide bonds. The van der Waals surface area contributed by atoms with Gasteiger partial charge in [0.25, 0.3) is 5.91 Å². The summed E-state index contributed by atoms with van der Waals surface area (Å²) in [5.41, 5.74) is 2.76. The zero-order chi connectivity index (χ0) is 24.3. The fraction of sp³-hybridized carbons (Fsp3) is 0.240. The summed E-state index contributed by atoms with van der Waals surface area (Å²) < 4.78 is 15.9. The van der Waals surface area contributed by atoms with Crippen molar-refractivity contribution in [2.24, 2.45) is 0 Å². The number of nitrogens with zero attached hydrogens (tertiary/aromatic N) is 2. The number of carbonyl (C=O) groups excluding carboxylic acids is 2.